The van der Waals surface area contributed by atoms with Gasteiger partial charge in [-0.1, -0.05) is 0 Å². The van der Waals surface area contributed by atoms with Crippen LogP contribution in [0.4, 0.5) is 5.82 Å². The normalized spacial score (nSPS) is 9.65. The van der Waals surface area contributed by atoms with Gasteiger partial charge in [-0.3, -0.25) is 4.79 Å². The molecule has 2 aromatic rings. The van der Waals surface area contributed by atoms with Crippen LogP contribution < -0.4 is 5.32 Å². The first kappa shape index (κ1) is 10.8. The van der Waals surface area contributed by atoms with Crippen LogP contribution in [0.5, 0.6) is 0 Å². The van der Waals surface area contributed by atoms with E-state index in [9.17, 15) is 4.79 Å². The third kappa shape index (κ3) is 2.29. The van der Waals surface area contributed by atoms with Crippen LogP contribution in [0.15, 0.2) is 30.9 Å². The Labute approximate surface area is 97.5 Å². The number of amides is 1. The Morgan fingerprint density at radius 2 is 2.29 bits per heavy atom. The average molecular weight is 227 g/mol. The summed E-state index contributed by atoms with van der Waals surface area (Å²) >= 11 is 0. The molecule has 0 fully saturated rings. The van der Waals surface area contributed by atoms with Crippen LogP contribution in [0, 0.1) is 11.3 Å². The van der Waals surface area contributed by atoms with Crippen molar-refractivity contribution in [3.8, 4) is 6.07 Å². The van der Waals surface area contributed by atoms with Crippen molar-refractivity contribution in [1.29, 1.82) is 5.26 Å². The predicted octanol–water partition coefficient (Wildman–Crippen LogP) is 0.939. The first-order valence-corrected chi connectivity index (χ1v) is 4.84. The zero-order chi connectivity index (χ0) is 12.3. The summed E-state index contributed by atoms with van der Waals surface area (Å²) in [6, 6.07) is 5.12. The van der Waals surface area contributed by atoms with Crippen molar-refractivity contribution >= 4 is 11.7 Å². The van der Waals surface area contributed by atoms with E-state index in [1.165, 1.54) is 12.4 Å². The molecule has 0 bridgehead atoms. The van der Waals surface area contributed by atoms with Crippen LogP contribution >= 0.6 is 0 Å². The molecule has 0 aromatic carbocycles. The average Bonchev–Trinajstić information content (AvgIpc) is 2.76. The van der Waals surface area contributed by atoms with E-state index in [0.717, 1.165) is 0 Å². The summed E-state index contributed by atoms with van der Waals surface area (Å²) in [5.41, 5.74) is 0.889. The SMILES string of the molecule is Cn1cncc1C(=O)Nc1ccc(C#N)cn1. The van der Waals surface area contributed by atoms with Crippen molar-refractivity contribution in [1.82, 2.24) is 14.5 Å². The molecule has 2 rings (SSSR count). The Hall–Kier alpha value is -2.68. The third-order valence-electron chi connectivity index (χ3n) is 2.18. The highest BCUT2D eigenvalue weighted by Crippen LogP contribution is 2.06. The van der Waals surface area contributed by atoms with E-state index < -0.39 is 0 Å². The van der Waals surface area contributed by atoms with Gasteiger partial charge in [-0.25, -0.2) is 9.97 Å². The minimum Gasteiger partial charge on any atom is -0.330 e. The molecule has 17 heavy (non-hydrogen) atoms. The molecule has 0 aliphatic heterocycles. The monoisotopic (exact) mass is 227 g/mol. The van der Waals surface area contributed by atoms with Gasteiger partial charge in [0, 0.05) is 13.2 Å². The van der Waals surface area contributed by atoms with Crippen LogP contribution in [0.3, 0.4) is 0 Å². The maximum atomic E-state index is 11.8. The highest BCUT2D eigenvalue weighted by molar-refractivity contribution is 6.02. The molecule has 2 heterocycles. The number of anilines is 1. The molecule has 6 nitrogen and oxygen atoms in total. The highest BCUT2D eigenvalue weighted by Gasteiger charge is 2.10. The van der Waals surface area contributed by atoms with E-state index in [4.69, 9.17) is 5.26 Å². The van der Waals surface area contributed by atoms with E-state index in [0.29, 0.717) is 17.1 Å². The van der Waals surface area contributed by atoms with Crippen molar-refractivity contribution in [2.24, 2.45) is 7.05 Å². The summed E-state index contributed by atoms with van der Waals surface area (Å²) in [7, 11) is 1.73. The van der Waals surface area contributed by atoms with Gasteiger partial charge in [-0.2, -0.15) is 5.26 Å². The second-order valence-electron chi connectivity index (χ2n) is 3.39. The largest absolute Gasteiger partial charge is 0.330 e. The van der Waals surface area contributed by atoms with Crippen molar-refractivity contribution in [2.45, 2.75) is 0 Å². The number of hydrogen-bond acceptors (Lipinski definition) is 4. The van der Waals surface area contributed by atoms with Crippen molar-refractivity contribution in [3.05, 3.63) is 42.1 Å². The van der Waals surface area contributed by atoms with E-state index in [1.54, 1.807) is 30.1 Å². The number of nitrogens with one attached hydrogen (secondary N) is 1. The smallest absolute Gasteiger partial charge is 0.275 e. The summed E-state index contributed by atoms with van der Waals surface area (Å²) in [4.78, 5) is 19.6. The molecule has 0 aliphatic carbocycles. The molecule has 2 aromatic heterocycles. The number of hydrogen-bond donors (Lipinski definition) is 1. The molecule has 0 aliphatic rings. The quantitative estimate of drug-likeness (QED) is 0.827. The fourth-order valence-electron chi connectivity index (χ4n) is 1.29. The first-order valence-electron chi connectivity index (χ1n) is 4.84. The number of carbonyl (C=O) groups excluding carboxylic acids is 1. The van der Waals surface area contributed by atoms with Crippen LogP contribution in [0.1, 0.15) is 16.1 Å². The van der Waals surface area contributed by atoms with Crippen molar-refractivity contribution in [3.63, 3.8) is 0 Å². The maximum Gasteiger partial charge on any atom is 0.275 e. The standard InChI is InChI=1S/C11H9N5O/c1-16-7-13-6-9(16)11(17)15-10-3-2-8(4-12)5-14-10/h2-3,5-7H,1H3,(H,14,15,17). The Balaban J connectivity index is 2.14. The zero-order valence-corrected chi connectivity index (χ0v) is 9.08. The van der Waals surface area contributed by atoms with Gasteiger partial charge in [-0.15, -0.1) is 0 Å². The molecule has 0 unspecified atom stereocenters. The van der Waals surface area contributed by atoms with Gasteiger partial charge in [0.25, 0.3) is 5.91 Å². The number of pyridine rings is 1. The molecule has 1 amide bonds. The summed E-state index contributed by atoms with van der Waals surface area (Å²) in [6.45, 7) is 0. The fraction of sp³-hybridized carbons (Fsp3) is 0.0909. The van der Waals surface area contributed by atoms with Crippen LogP contribution in [-0.4, -0.2) is 20.4 Å². The summed E-state index contributed by atoms with van der Waals surface area (Å²) in [5, 5.41) is 11.2. The van der Waals surface area contributed by atoms with Gasteiger partial charge in [0.15, 0.2) is 0 Å². The number of rotatable bonds is 2. The molecule has 6 heteroatoms. The van der Waals surface area contributed by atoms with Crippen LogP contribution in [0.25, 0.3) is 0 Å². The van der Waals surface area contributed by atoms with E-state index in [-0.39, 0.29) is 5.91 Å². The summed E-state index contributed by atoms with van der Waals surface area (Å²) < 4.78 is 1.61. The second-order valence-corrected chi connectivity index (χ2v) is 3.39. The fourth-order valence-corrected chi connectivity index (χ4v) is 1.29. The molecule has 1 N–H and O–H groups in total. The van der Waals surface area contributed by atoms with Crippen molar-refractivity contribution < 1.29 is 4.79 Å². The van der Waals surface area contributed by atoms with Gasteiger partial charge >= 0.3 is 0 Å². The van der Waals surface area contributed by atoms with Gasteiger partial charge in [0.1, 0.15) is 17.6 Å². The number of nitriles is 1. The van der Waals surface area contributed by atoms with Crippen LogP contribution in [0.2, 0.25) is 0 Å². The van der Waals surface area contributed by atoms with Gasteiger partial charge < -0.3 is 9.88 Å². The number of carbonyl (C=O) groups is 1. The Morgan fingerprint density at radius 1 is 1.47 bits per heavy atom. The highest BCUT2D eigenvalue weighted by atomic mass is 16.2. The van der Waals surface area contributed by atoms with Gasteiger partial charge in [-0.05, 0) is 12.1 Å². The molecular formula is C11H9N5O. The van der Waals surface area contributed by atoms with Gasteiger partial charge in [0.05, 0.1) is 18.1 Å². The van der Waals surface area contributed by atoms with Gasteiger partial charge in [0.2, 0.25) is 0 Å². The maximum absolute atomic E-state index is 11.8. The molecule has 0 saturated heterocycles. The topological polar surface area (TPSA) is 83.6 Å². The first-order chi connectivity index (χ1) is 8.20. The lowest BCUT2D eigenvalue weighted by Crippen LogP contribution is -2.16. The Morgan fingerprint density at radius 3 is 2.82 bits per heavy atom. The lowest BCUT2D eigenvalue weighted by molar-refractivity contribution is 0.101. The Kier molecular flexibility index (Phi) is 2.83. The summed E-state index contributed by atoms with van der Waals surface area (Å²) in [5.74, 6) is 0.109. The zero-order valence-electron chi connectivity index (χ0n) is 9.08. The number of aromatic nitrogens is 3. The molecule has 0 atom stereocenters. The van der Waals surface area contributed by atoms with E-state index in [1.807, 2.05) is 6.07 Å². The van der Waals surface area contributed by atoms with E-state index in [2.05, 4.69) is 15.3 Å². The molecule has 84 valence electrons. The molecule has 0 radical (unpaired) electrons. The number of imidazole rings is 1. The third-order valence-corrected chi connectivity index (χ3v) is 2.18. The number of nitrogens with zero attached hydrogens (tertiary/aromatic N) is 4. The van der Waals surface area contributed by atoms with E-state index >= 15 is 0 Å². The lowest BCUT2D eigenvalue weighted by atomic mass is 10.3. The minimum absolute atomic E-state index is 0.290. The van der Waals surface area contributed by atoms with Crippen LogP contribution in [-0.2, 0) is 7.05 Å². The molecule has 0 saturated carbocycles. The van der Waals surface area contributed by atoms with Crippen molar-refractivity contribution in [2.75, 3.05) is 5.32 Å². The second kappa shape index (κ2) is 4.45. The predicted molar refractivity (Wildman–Crippen MR) is 60.1 cm³/mol. The summed E-state index contributed by atoms with van der Waals surface area (Å²) in [6.07, 6.45) is 4.42. The minimum atomic E-state index is -0.290. The lowest BCUT2D eigenvalue weighted by Gasteiger charge is -2.04. The number of aryl methyl sites for hydroxylation is 1. The Bertz CT molecular complexity index is 579. The molecule has 0 spiro atoms. The molecular weight excluding hydrogens is 218 g/mol.